The second-order valence-electron chi connectivity index (χ2n) is 4.53. The maximum absolute atomic E-state index is 11.5. The molecule has 0 aromatic heterocycles. The summed E-state index contributed by atoms with van der Waals surface area (Å²) in [6, 6.07) is 0.0501. The molecule has 0 bridgehead atoms. The molecule has 0 aromatic rings. The first-order valence-electron chi connectivity index (χ1n) is 6.11. The van der Waals surface area contributed by atoms with Gasteiger partial charge in [0.2, 0.25) is 0 Å². The summed E-state index contributed by atoms with van der Waals surface area (Å²) in [5.74, 6) is 1.21. The fourth-order valence-electron chi connectivity index (χ4n) is 2.31. The second-order valence-corrected chi connectivity index (χ2v) is 5.68. The van der Waals surface area contributed by atoms with Crippen LogP contribution in [0, 0.1) is 0 Å². The fourth-order valence-corrected chi connectivity index (χ4v) is 3.43. The van der Waals surface area contributed by atoms with Gasteiger partial charge in [0.15, 0.2) is 5.78 Å². The highest BCUT2D eigenvalue weighted by atomic mass is 32.2. The van der Waals surface area contributed by atoms with E-state index in [0.29, 0.717) is 6.42 Å². The number of allylic oxidation sites excluding steroid dienone is 2. The lowest BCUT2D eigenvalue weighted by molar-refractivity contribution is -0.138. The van der Waals surface area contributed by atoms with Crippen molar-refractivity contribution in [1.29, 1.82) is 0 Å². The molecule has 1 atom stereocenters. The van der Waals surface area contributed by atoms with E-state index in [1.807, 2.05) is 28.8 Å². The van der Waals surface area contributed by atoms with Gasteiger partial charge >= 0.3 is 5.97 Å². The Bertz CT molecular complexity index is 403. The normalized spacial score (nSPS) is 25.7. The van der Waals surface area contributed by atoms with Crippen LogP contribution in [0.3, 0.4) is 0 Å². The van der Waals surface area contributed by atoms with Crippen molar-refractivity contribution < 1.29 is 14.7 Å². The summed E-state index contributed by atoms with van der Waals surface area (Å²) in [5, 5.41) is 8.97. The van der Waals surface area contributed by atoms with E-state index in [-0.39, 0.29) is 18.4 Å². The Morgan fingerprint density at radius 3 is 3.11 bits per heavy atom. The molecule has 0 amide bonds. The molecule has 5 heteroatoms. The minimum atomic E-state index is -0.807. The number of carboxylic acids is 1. The molecule has 0 saturated carbocycles. The quantitative estimate of drug-likeness (QED) is 0.836. The van der Waals surface area contributed by atoms with Crippen LogP contribution in [0.25, 0.3) is 0 Å². The third-order valence-electron chi connectivity index (χ3n) is 3.13. The molecule has 1 fully saturated rings. The Balaban J connectivity index is 2.17. The Morgan fingerprint density at radius 2 is 2.39 bits per heavy atom. The van der Waals surface area contributed by atoms with Crippen molar-refractivity contribution in [3.05, 3.63) is 23.8 Å². The first kappa shape index (κ1) is 13.4. The number of thioether (sulfide) groups is 1. The number of hydrogen-bond donors (Lipinski definition) is 1. The second kappa shape index (κ2) is 6.20. The predicted octanol–water partition coefficient (Wildman–Crippen LogP) is 1.33. The number of rotatable bonds is 3. The molecule has 1 heterocycles. The zero-order valence-electron chi connectivity index (χ0n) is 10.2. The van der Waals surface area contributed by atoms with E-state index in [9.17, 15) is 9.59 Å². The lowest BCUT2D eigenvalue weighted by Crippen LogP contribution is -2.41. The molecule has 0 radical (unpaired) electrons. The summed E-state index contributed by atoms with van der Waals surface area (Å²) >= 11 is 1.83. The average Bonchev–Trinajstić information content (AvgIpc) is 2.54. The molecule has 98 valence electrons. The fraction of sp³-hybridized carbons (Fsp3) is 0.538. The number of nitrogens with zero attached hydrogens (tertiary/aromatic N) is 1. The Morgan fingerprint density at radius 1 is 1.56 bits per heavy atom. The van der Waals surface area contributed by atoms with E-state index in [4.69, 9.17) is 5.11 Å². The highest BCUT2D eigenvalue weighted by Gasteiger charge is 2.26. The van der Waals surface area contributed by atoms with Crippen molar-refractivity contribution in [2.45, 2.75) is 18.9 Å². The van der Waals surface area contributed by atoms with Crippen LogP contribution in [0.5, 0.6) is 0 Å². The molecule has 4 nitrogen and oxygen atoms in total. The SMILES string of the molecule is O=C(O)CN1CCCSCC1C1=CC(=O)CC=C1. The van der Waals surface area contributed by atoms with Crippen LogP contribution in [0.2, 0.25) is 0 Å². The largest absolute Gasteiger partial charge is 0.480 e. The highest BCUT2D eigenvalue weighted by molar-refractivity contribution is 7.99. The van der Waals surface area contributed by atoms with Gasteiger partial charge in [-0.3, -0.25) is 14.5 Å². The maximum Gasteiger partial charge on any atom is 0.317 e. The van der Waals surface area contributed by atoms with Crippen LogP contribution in [-0.2, 0) is 9.59 Å². The average molecular weight is 267 g/mol. The first-order chi connectivity index (χ1) is 8.66. The molecule has 1 saturated heterocycles. The van der Waals surface area contributed by atoms with Crippen LogP contribution in [0.15, 0.2) is 23.8 Å². The number of aliphatic carboxylic acids is 1. The minimum absolute atomic E-state index is 0.0462. The lowest BCUT2D eigenvalue weighted by atomic mass is 9.99. The van der Waals surface area contributed by atoms with Crippen molar-refractivity contribution in [3.63, 3.8) is 0 Å². The highest BCUT2D eigenvalue weighted by Crippen LogP contribution is 2.24. The predicted molar refractivity (Wildman–Crippen MR) is 71.8 cm³/mol. The Kier molecular flexibility index (Phi) is 4.60. The van der Waals surface area contributed by atoms with Gasteiger partial charge in [-0.05, 0) is 23.8 Å². The zero-order valence-corrected chi connectivity index (χ0v) is 11.0. The van der Waals surface area contributed by atoms with Crippen molar-refractivity contribution >= 4 is 23.5 Å². The van der Waals surface area contributed by atoms with Crippen molar-refractivity contribution in [2.24, 2.45) is 0 Å². The van der Waals surface area contributed by atoms with Gasteiger partial charge < -0.3 is 5.11 Å². The number of carboxylic acid groups (broad SMARTS) is 1. The molecule has 0 aromatic carbocycles. The van der Waals surface area contributed by atoms with Crippen LogP contribution >= 0.6 is 11.8 Å². The van der Waals surface area contributed by atoms with Crippen molar-refractivity contribution in [2.75, 3.05) is 24.6 Å². The van der Waals surface area contributed by atoms with E-state index >= 15 is 0 Å². The van der Waals surface area contributed by atoms with E-state index in [0.717, 1.165) is 30.0 Å². The maximum atomic E-state index is 11.5. The Hall–Kier alpha value is -1.07. The molecule has 1 aliphatic heterocycles. The third-order valence-corrected chi connectivity index (χ3v) is 4.26. The summed E-state index contributed by atoms with van der Waals surface area (Å²) in [7, 11) is 0. The summed E-state index contributed by atoms with van der Waals surface area (Å²) < 4.78 is 0. The van der Waals surface area contributed by atoms with Gasteiger partial charge in [-0.25, -0.2) is 0 Å². The molecular formula is C13H17NO3S. The smallest absolute Gasteiger partial charge is 0.317 e. The number of hydrogen-bond acceptors (Lipinski definition) is 4. The molecular weight excluding hydrogens is 250 g/mol. The first-order valence-corrected chi connectivity index (χ1v) is 7.27. The number of carbonyl (C=O) groups excluding carboxylic acids is 1. The van der Waals surface area contributed by atoms with Crippen LogP contribution in [0.4, 0.5) is 0 Å². The van der Waals surface area contributed by atoms with Crippen molar-refractivity contribution in [3.8, 4) is 0 Å². The third kappa shape index (κ3) is 3.46. The molecule has 1 unspecified atom stereocenters. The number of carbonyl (C=O) groups is 2. The van der Waals surface area contributed by atoms with Gasteiger partial charge in [0.05, 0.1) is 6.54 Å². The van der Waals surface area contributed by atoms with Gasteiger partial charge in [-0.2, -0.15) is 11.8 Å². The number of ketones is 1. The summed E-state index contributed by atoms with van der Waals surface area (Å²) in [4.78, 5) is 24.4. The zero-order chi connectivity index (χ0) is 13.0. The lowest BCUT2D eigenvalue weighted by Gasteiger charge is -2.29. The summed E-state index contributed by atoms with van der Waals surface area (Å²) in [6.07, 6.45) is 6.96. The standard InChI is InChI=1S/C13H17NO3S/c15-11-4-1-3-10(7-11)12-9-18-6-2-5-14(12)8-13(16)17/h1,3,7,12H,2,4-6,8-9H2,(H,16,17). The van der Waals surface area contributed by atoms with E-state index in [1.165, 1.54) is 0 Å². The molecule has 1 aliphatic carbocycles. The van der Waals surface area contributed by atoms with Gasteiger partial charge in [-0.15, -0.1) is 0 Å². The van der Waals surface area contributed by atoms with Crippen LogP contribution in [-0.4, -0.2) is 52.4 Å². The monoisotopic (exact) mass is 267 g/mol. The van der Waals surface area contributed by atoms with Gasteiger partial charge in [0.25, 0.3) is 0 Å². The van der Waals surface area contributed by atoms with E-state index < -0.39 is 5.97 Å². The van der Waals surface area contributed by atoms with Gasteiger partial charge in [-0.1, -0.05) is 12.2 Å². The van der Waals surface area contributed by atoms with Crippen LogP contribution in [0.1, 0.15) is 12.8 Å². The topological polar surface area (TPSA) is 57.6 Å². The molecule has 1 N–H and O–H groups in total. The molecule has 18 heavy (non-hydrogen) atoms. The minimum Gasteiger partial charge on any atom is -0.480 e. The Labute approximate surface area is 111 Å². The van der Waals surface area contributed by atoms with E-state index in [1.54, 1.807) is 6.08 Å². The summed E-state index contributed by atoms with van der Waals surface area (Å²) in [5.41, 5.74) is 0.960. The van der Waals surface area contributed by atoms with Crippen LogP contribution < -0.4 is 0 Å². The summed E-state index contributed by atoms with van der Waals surface area (Å²) in [6.45, 7) is 0.827. The molecule has 2 rings (SSSR count). The van der Waals surface area contributed by atoms with Crippen molar-refractivity contribution in [1.82, 2.24) is 4.90 Å². The van der Waals surface area contributed by atoms with E-state index in [2.05, 4.69) is 0 Å². The molecule has 2 aliphatic rings. The molecule has 0 spiro atoms. The van der Waals surface area contributed by atoms with Gasteiger partial charge in [0, 0.05) is 24.8 Å². The van der Waals surface area contributed by atoms with Gasteiger partial charge in [0.1, 0.15) is 0 Å².